The second kappa shape index (κ2) is 2.69. The number of imide groups is 1. The van der Waals surface area contributed by atoms with Gasteiger partial charge in [0.2, 0.25) is 17.7 Å². The number of carbonyl (C=O) groups excluding carboxylic acids is 3. The molecule has 2 N–H and O–H groups in total. The van der Waals surface area contributed by atoms with Crippen LogP contribution >= 0.6 is 0 Å². The monoisotopic (exact) mass is 156 g/mol. The van der Waals surface area contributed by atoms with E-state index in [1.54, 1.807) is 0 Å². The van der Waals surface area contributed by atoms with Crippen molar-refractivity contribution in [3.8, 4) is 0 Å². The van der Waals surface area contributed by atoms with Crippen molar-refractivity contribution in [1.82, 2.24) is 10.6 Å². The van der Waals surface area contributed by atoms with Crippen LogP contribution < -0.4 is 10.6 Å². The van der Waals surface area contributed by atoms with Crippen LogP contribution in [0.15, 0.2) is 0 Å². The van der Waals surface area contributed by atoms with Crippen molar-refractivity contribution < 1.29 is 14.4 Å². The molecule has 1 aliphatic heterocycles. The first-order chi connectivity index (χ1) is 5.15. The number of hydrogen-bond donors (Lipinski definition) is 2. The van der Waals surface area contributed by atoms with Gasteiger partial charge in [0, 0.05) is 13.5 Å². The predicted octanol–water partition coefficient (Wildman–Crippen LogP) is -1.60. The summed E-state index contributed by atoms with van der Waals surface area (Å²) < 4.78 is 0. The summed E-state index contributed by atoms with van der Waals surface area (Å²) in [6.45, 7) is 0. The van der Waals surface area contributed by atoms with Crippen LogP contribution in [0.5, 0.6) is 0 Å². The summed E-state index contributed by atoms with van der Waals surface area (Å²) in [5.74, 6) is -2.13. The van der Waals surface area contributed by atoms with Gasteiger partial charge in [0.05, 0.1) is 0 Å². The van der Waals surface area contributed by atoms with Gasteiger partial charge in [0.25, 0.3) is 0 Å². The third kappa shape index (κ3) is 1.36. The third-order valence-corrected chi connectivity index (χ3v) is 1.53. The van der Waals surface area contributed by atoms with Gasteiger partial charge in [-0.3, -0.25) is 19.7 Å². The van der Waals surface area contributed by atoms with Crippen molar-refractivity contribution in [2.45, 2.75) is 6.42 Å². The highest BCUT2D eigenvalue weighted by molar-refractivity contribution is 6.13. The van der Waals surface area contributed by atoms with E-state index in [0.29, 0.717) is 0 Å². The Morgan fingerprint density at radius 2 is 2.27 bits per heavy atom. The fraction of sp³-hybridized carbons (Fsp3) is 0.500. The zero-order valence-electron chi connectivity index (χ0n) is 6.01. The quantitative estimate of drug-likeness (QED) is 0.354. The zero-order chi connectivity index (χ0) is 8.43. The van der Waals surface area contributed by atoms with E-state index in [1.807, 2.05) is 5.32 Å². The molecule has 1 heterocycles. The summed E-state index contributed by atoms with van der Waals surface area (Å²) in [6, 6.07) is 0. The molecular formula is C6H8N2O3. The molecule has 1 saturated heterocycles. The van der Waals surface area contributed by atoms with Crippen LogP contribution in [0.2, 0.25) is 0 Å². The molecule has 0 aromatic rings. The third-order valence-electron chi connectivity index (χ3n) is 1.53. The van der Waals surface area contributed by atoms with Crippen molar-refractivity contribution >= 4 is 17.7 Å². The summed E-state index contributed by atoms with van der Waals surface area (Å²) in [4.78, 5) is 32.2. The first-order valence-electron chi connectivity index (χ1n) is 3.20. The maximum absolute atomic E-state index is 10.8. The average Bonchev–Trinajstić information content (AvgIpc) is 2.28. The minimum Gasteiger partial charge on any atom is -0.358 e. The van der Waals surface area contributed by atoms with Gasteiger partial charge in [-0.1, -0.05) is 0 Å². The van der Waals surface area contributed by atoms with Crippen LogP contribution in [-0.4, -0.2) is 24.8 Å². The molecule has 0 saturated carbocycles. The number of amides is 3. The fourth-order valence-corrected chi connectivity index (χ4v) is 0.940. The Morgan fingerprint density at radius 1 is 1.64 bits per heavy atom. The minimum atomic E-state index is -0.826. The van der Waals surface area contributed by atoms with Gasteiger partial charge in [0.15, 0.2) is 0 Å². The van der Waals surface area contributed by atoms with E-state index in [2.05, 4.69) is 5.32 Å². The average molecular weight is 156 g/mol. The number of carbonyl (C=O) groups is 3. The lowest BCUT2D eigenvalue weighted by atomic mass is 10.1. The Bertz CT molecular complexity index is 224. The highest BCUT2D eigenvalue weighted by Crippen LogP contribution is 2.09. The number of rotatable bonds is 1. The molecule has 0 radical (unpaired) electrons. The van der Waals surface area contributed by atoms with Crippen LogP contribution in [0, 0.1) is 5.92 Å². The molecule has 0 aliphatic carbocycles. The standard InChI is InChI=1S/C6H8N2O3/c1-7-5(10)3-2-4(9)8-6(3)11/h3H,2H2,1H3,(H,7,10)(H,8,9,11). The zero-order valence-corrected chi connectivity index (χ0v) is 6.01. The van der Waals surface area contributed by atoms with Crippen LogP contribution in [-0.2, 0) is 14.4 Å². The van der Waals surface area contributed by atoms with Gasteiger partial charge in [-0.25, -0.2) is 0 Å². The van der Waals surface area contributed by atoms with Crippen LogP contribution in [0.3, 0.4) is 0 Å². The van der Waals surface area contributed by atoms with E-state index >= 15 is 0 Å². The second-order valence-corrected chi connectivity index (χ2v) is 2.28. The Labute approximate surface area is 63.1 Å². The highest BCUT2D eigenvalue weighted by Gasteiger charge is 2.35. The van der Waals surface area contributed by atoms with Gasteiger partial charge in [0.1, 0.15) is 5.92 Å². The van der Waals surface area contributed by atoms with Crippen molar-refractivity contribution in [3.05, 3.63) is 0 Å². The number of hydrogen-bond acceptors (Lipinski definition) is 3. The van der Waals surface area contributed by atoms with Gasteiger partial charge in [-0.2, -0.15) is 0 Å². The molecule has 1 fully saturated rings. The summed E-state index contributed by atoms with van der Waals surface area (Å²) >= 11 is 0. The van der Waals surface area contributed by atoms with E-state index in [-0.39, 0.29) is 12.3 Å². The van der Waals surface area contributed by atoms with Crippen LogP contribution in [0.1, 0.15) is 6.42 Å². The Kier molecular flexibility index (Phi) is 1.89. The molecule has 0 aromatic carbocycles. The highest BCUT2D eigenvalue weighted by atomic mass is 16.2. The largest absolute Gasteiger partial charge is 0.358 e. The molecule has 1 aliphatic rings. The topological polar surface area (TPSA) is 75.3 Å². The molecule has 0 spiro atoms. The summed E-state index contributed by atoms with van der Waals surface area (Å²) in [7, 11) is 1.43. The van der Waals surface area contributed by atoms with Crippen molar-refractivity contribution in [2.24, 2.45) is 5.92 Å². The molecule has 1 rings (SSSR count). The van der Waals surface area contributed by atoms with Crippen molar-refractivity contribution in [1.29, 1.82) is 0 Å². The summed E-state index contributed by atoms with van der Waals surface area (Å²) in [5.41, 5.74) is 0. The van der Waals surface area contributed by atoms with Crippen molar-refractivity contribution in [3.63, 3.8) is 0 Å². The molecular weight excluding hydrogens is 148 g/mol. The molecule has 0 aromatic heterocycles. The van der Waals surface area contributed by atoms with Gasteiger partial charge in [-0.05, 0) is 0 Å². The smallest absolute Gasteiger partial charge is 0.239 e. The van der Waals surface area contributed by atoms with Gasteiger partial charge < -0.3 is 5.32 Å². The molecule has 3 amide bonds. The van der Waals surface area contributed by atoms with E-state index in [4.69, 9.17) is 0 Å². The summed E-state index contributed by atoms with van der Waals surface area (Å²) in [5, 5.41) is 4.35. The van der Waals surface area contributed by atoms with E-state index in [1.165, 1.54) is 7.05 Å². The van der Waals surface area contributed by atoms with E-state index in [0.717, 1.165) is 0 Å². The predicted molar refractivity (Wildman–Crippen MR) is 35.3 cm³/mol. The van der Waals surface area contributed by atoms with E-state index in [9.17, 15) is 14.4 Å². The van der Waals surface area contributed by atoms with Crippen LogP contribution in [0.4, 0.5) is 0 Å². The first kappa shape index (κ1) is 7.71. The molecule has 0 bridgehead atoms. The maximum Gasteiger partial charge on any atom is 0.239 e. The molecule has 5 nitrogen and oxygen atoms in total. The first-order valence-corrected chi connectivity index (χ1v) is 3.20. The lowest BCUT2D eigenvalue weighted by Gasteiger charge is -2.01. The Hall–Kier alpha value is -1.39. The van der Waals surface area contributed by atoms with Crippen molar-refractivity contribution in [2.75, 3.05) is 7.05 Å². The van der Waals surface area contributed by atoms with Gasteiger partial charge in [-0.15, -0.1) is 0 Å². The SMILES string of the molecule is CNC(=O)C1CC(=O)NC1=O. The lowest BCUT2D eigenvalue weighted by molar-refractivity contribution is -0.132. The normalized spacial score (nSPS) is 23.2. The second-order valence-electron chi connectivity index (χ2n) is 2.28. The Balaban J connectivity index is 2.67. The minimum absolute atomic E-state index is 0.0293. The fourth-order valence-electron chi connectivity index (χ4n) is 0.940. The summed E-state index contributed by atoms with van der Waals surface area (Å²) in [6.07, 6.45) is -0.0293. The van der Waals surface area contributed by atoms with E-state index < -0.39 is 17.7 Å². The number of nitrogens with one attached hydrogen (secondary N) is 2. The molecule has 11 heavy (non-hydrogen) atoms. The van der Waals surface area contributed by atoms with Gasteiger partial charge >= 0.3 is 0 Å². The Morgan fingerprint density at radius 3 is 2.64 bits per heavy atom. The molecule has 1 atom stereocenters. The maximum atomic E-state index is 10.8. The molecule has 5 heteroatoms. The molecule has 1 unspecified atom stereocenters. The lowest BCUT2D eigenvalue weighted by Crippen LogP contribution is -2.32. The van der Waals surface area contributed by atoms with Crippen LogP contribution in [0.25, 0.3) is 0 Å². The molecule has 60 valence electrons.